The lowest BCUT2D eigenvalue weighted by Gasteiger charge is -2.34. The number of piperidine rings is 1. The molecule has 5 rings (SSSR count). The summed E-state index contributed by atoms with van der Waals surface area (Å²) in [5, 5.41) is 49.1. The van der Waals surface area contributed by atoms with Crippen LogP contribution in [0.25, 0.3) is 28.3 Å². The zero-order valence-corrected chi connectivity index (χ0v) is 26.2. The number of amides is 1. The first-order valence-corrected chi connectivity index (χ1v) is 14.8. The second kappa shape index (κ2) is 16.9. The molecule has 14 nitrogen and oxygen atoms in total. The van der Waals surface area contributed by atoms with Gasteiger partial charge in [0.15, 0.2) is 17.3 Å². The van der Waals surface area contributed by atoms with E-state index in [4.69, 9.17) is 19.8 Å². The maximum Gasteiger partial charge on any atom is 0.290 e. The average Bonchev–Trinajstić information content (AvgIpc) is 3.13. The Morgan fingerprint density at radius 1 is 1.08 bits per heavy atom. The van der Waals surface area contributed by atoms with Crippen LogP contribution in [0.4, 0.5) is 10.2 Å². The number of hydroxylamine groups is 1. The van der Waals surface area contributed by atoms with E-state index in [-0.39, 0.29) is 35.1 Å². The minimum atomic E-state index is -0.705. The summed E-state index contributed by atoms with van der Waals surface area (Å²) in [6, 6.07) is 13.3. The van der Waals surface area contributed by atoms with E-state index in [1.165, 1.54) is 36.9 Å². The summed E-state index contributed by atoms with van der Waals surface area (Å²) in [6.45, 7) is 1.50. The van der Waals surface area contributed by atoms with Crippen molar-refractivity contribution in [1.82, 2.24) is 25.7 Å². The molecule has 3 heterocycles. The molecule has 250 valence electrons. The average molecular weight is 667 g/mol. The van der Waals surface area contributed by atoms with Crippen LogP contribution >= 0.6 is 0 Å². The van der Waals surface area contributed by atoms with Crippen molar-refractivity contribution in [2.45, 2.75) is 25.4 Å². The van der Waals surface area contributed by atoms with E-state index in [9.17, 15) is 24.8 Å². The molecule has 1 fully saturated rings. The van der Waals surface area contributed by atoms with E-state index in [1.54, 1.807) is 36.8 Å². The van der Waals surface area contributed by atoms with Gasteiger partial charge in [-0.25, -0.2) is 24.8 Å². The highest BCUT2D eigenvalue weighted by molar-refractivity contribution is 5.91. The van der Waals surface area contributed by atoms with Crippen molar-refractivity contribution in [3.8, 4) is 45.9 Å². The van der Waals surface area contributed by atoms with E-state index in [0.29, 0.717) is 53.5 Å². The number of hydrogen-bond acceptors (Lipinski definition) is 12. The Hall–Kier alpha value is -6.42. The van der Waals surface area contributed by atoms with Gasteiger partial charge >= 0.3 is 0 Å². The van der Waals surface area contributed by atoms with Gasteiger partial charge in [-0.3, -0.25) is 14.8 Å². The molecule has 1 saturated heterocycles. The molecular formula is C34H31FN8O6. The third-order valence-electron chi connectivity index (χ3n) is 7.65. The molecule has 15 heteroatoms. The normalized spacial score (nSPS) is 12.7. The summed E-state index contributed by atoms with van der Waals surface area (Å²) in [5.74, 6) is -0.398. The zero-order chi connectivity index (χ0) is 35.3. The molecule has 0 radical (unpaired) electrons. The minimum Gasteiger partial charge on any atom is -0.504 e. The standard InChI is InChI=1S/C33H29FN8O4.CH2O2/c1-46-29-5-4-21(13-28(29)43)26-19-40-33(25(15-36)32(26)22-2-3-23(14-35)27(34)12-22)42-10-8-24(9-11-42)37-16-20-17-38-30(39-18-20)6-7-31(44)41-45;2-1-3/h2-7,12-13,17-19,24,37,43,45H,8-11,16H2,1H3,(H,41,44);1H,(H,2,3)/b7-6+;. The van der Waals surface area contributed by atoms with Crippen LogP contribution in [0.2, 0.25) is 0 Å². The van der Waals surface area contributed by atoms with E-state index >= 15 is 0 Å². The summed E-state index contributed by atoms with van der Waals surface area (Å²) in [6.07, 6.45) is 8.97. The highest BCUT2D eigenvalue weighted by Crippen LogP contribution is 2.41. The lowest BCUT2D eigenvalue weighted by Crippen LogP contribution is -2.43. The van der Waals surface area contributed by atoms with Crippen molar-refractivity contribution in [2.24, 2.45) is 0 Å². The van der Waals surface area contributed by atoms with Crippen molar-refractivity contribution >= 4 is 24.3 Å². The zero-order valence-electron chi connectivity index (χ0n) is 26.2. The molecule has 2 aromatic carbocycles. The van der Waals surface area contributed by atoms with Crippen LogP contribution in [0.3, 0.4) is 0 Å². The molecule has 0 unspecified atom stereocenters. The van der Waals surface area contributed by atoms with Gasteiger partial charge in [0.25, 0.3) is 12.4 Å². The monoisotopic (exact) mass is 666 g/mol. The highest BCUT2D eigenvalue weighted by Gasteiger charge is 2.26. The van der Waals surface area contributed by atoms with Crippen LogP contribution in [0.15, 0.2) is 61.1 Å². The number of benzene rings is 2. The maximum atomic E-state index is 14.8. The van der Waals surface area contributed by atoms with Gasteiger partial charge in [0, 0.05) is 67.0 Å². The predicted octanol–water partition coefficient (Wildman–Crippen LogP) is 3.78. The van der Waals surface area contributed by atoms with E-state index in [1.807, 2.05) is 11.0 Å². The summed E-state index contributed by atoms with van der Waals surface area (Å²) < 4.78 is 20.0. The van der Waals surface area contributed by atoms with E-state index in [0.717, 1.165) is 24.5 Å². The third kappa shape index (κ3) is 8.69. The number of aromatic hydroxyl groups is 1. The maximum absolute atomic E-state index is 14.8. The number of ether oxygens (including phenoxy) is 1. The molecule has 49 heavy (non-hydrogen) atoms. The Morgan fingerprint density at radius 3 is 2.37 bits per heavy atom. The first-order chi connectivity index (χ1) is 23.8. The van der Waals surface area contributed by atoms with Crippen molar-refractivity contribution in [2.75, 3.05) is 25.1 Å². The predicted molar refractivity (Wildman–Crippen MR) is 174 cm³/mol. The number of hydrogen-bond donors (Lipinski definition) is 5. The molecule has 5 N–H and O–H groups in total. The number of halogens is 1. The summed E-state index contributed by atoms with van der Waals surface area (Å²) in [4.78, 5) is 34.6. The summed E-state index contributed by atoms with van der Waals surface area (Å²) >= 11 is 0. The molecule has 0 spiro atoms. The fraction of sp³-hybridized carbons (Fsp3) is 0.206. The third-order valence-corrected chi connectivity index (χ3v) is 7.65. The van der Waals surface area contributed by atoms with Gasteiger partial charge in [-0.05, 0) is 54.3 Å². The highest BCUT2D eigenvalue weighted by atomic mass is 19.1. The summed E-state index contributed by atoms with van der Waals surface area (Å²) in [7, 11) is 1.44. The number of nitrogens with zero attached hydrogens (tertiary/aromatic N) is 6. The smallest absolute Gasteiger partial charge is 0.290 e. The molecular weight excluding hydrogens is 635 g/mol. The van der Waals surface area contributed by atoms with Gasteiger partial charge < -0.3 is 25.2 Å². The number of carboxylic acid groups (broad SMARTS) is 1. The molecule has 0 aliphatic carbocycles. The second-order valence-corrected chi connectivity index (χ2v) is 10.6. The number of nitriles is 2. The largest absolute Gasteiger partial charge is 0.504 e. The van der Waals surface area contributed by atoms with E-state index < -0.39 is 11.7 Å². The Morgan fingerprint density at radius 2 is 1.78 bits per heavy atom. The van der Waals surface area contributed by atoms with Crippen LogP contribution < -0.4 is 20.4 Å². The molecule has 0 bridgehead atoms. The van der Waals surface area contributed by atoms with Gasteiger partial charge in [0.05, 0.1) is 12.7 Å². The molecule has 4 aromatic rings. The minimum absolute atomic E-state index is 0.0967. The first-order valence-electron chi connectivity index (χ1n) is 14.8. The molecule has 2 aromatic heterocycles. The van der Waals surface area contributed by atoms with Crippen molar-refractivity contribution in [1.29, 1.82) is 10.5 Å². The number of phenols is 1. The Balaban J connectivity index is 0.00000174. The summed E-state index contributed by atoms with van der Waals surface area (Å²) in [5.41, 5.74) is 4.42. The van der Waals surface area contributed by atoms with Gasteiger partial charge in [-0.2, -0.15) is 10.5 Å². The quantitative estimate of drug-likeness (QED) is 0.0744. The number of phenolic OH excluding ortho intramolecular Hbond substituents is 1. The number of carbonyl (C=O) groups excluding carboxylic acids is 1. The van der Waals surface area contributed by atoms with Crippen LogP contribution in [0.5, 0.6) is 11.5 Å². The lowest BCUT2D eigenvalue weighted by atomic mass is 9.91. The van der Waals surface area contributed by atoms with Gasteiger partial charge in [0.2, 0.25) is 0 Å². The van der Waals surface area contributed by atoms with Crippen LogP contribution in [0.1, 0.15) is 35.4 Å². The van der Waals surface area contributed by atoms with Gasteiger partial charge in [-0.15, -0.1) is 0 Å². The fourth-order valence-electron chi connectivity index (χ4n) is 5.27. The second-order valence-electron chi connectivity index (χ2n) is 10.6. The number of anilines is 1. The van der Waals surface area contributed by atoms with Crippen molar-refractivity contribution in [3.05, 3.63) is 89.4 Å². The Kier molecular flexibility index (Phi) is 12.2. The number of methoxy groups -OCH3 is 1. The SMILES string of the molecule is COc1ccc(-c2cnc(N3CCC(NCc4cnc(/C=C/C(=O)NO)nc4)CC3)c(C#N)c2-c2ccc(C#N)c(F)c2)cc1O.O=CO. The molecule has 0 atom stereocenters. The molecule has 1 amide bonds. The Labute approximate surface area is 280 Å². The molecule has 1 aliphatic rings. The number of aromatic nitrogens is 3. The van der Waals surface area contributed by atoms with Crippen LogP contribution in [0, 0.1) is 28.5 Å². The van der Waals surface area contributed by atoms with Crippen LogP contribution in [-0.4, -0.2) is 69.0 Å². The topological polar surface area (TPSA) is 218 Å². The van der Waals surface area contributed by atoms with Crippen LogP contribution in [-0.2, 0) is 16.1 Å². The first kappa shape index (κ1) is 35.4. The lowest BCUT2D eigenvalue weighted by molar-refractivity contribution is -0.124. The van der Waals surface area contributed by atoms with Gasteiger partial charge in [0.1, 0.15) is 29.3 Å². The van der Waals surface area contributed by atoms with E-state index in [2.05, 4.69) is 26.3 Å². The van der Waals surface area contributed by atoms with Gasteiger partial charge in [-0.1, -0.05) is 12.1 Å². The number of pyridine rings is 1. The number of nitrogens with one attached hydrogen (secondary N) is 2. The molecule has 1 aliphatic heterocycles. The number of rotatable bonds is 9. The Bertz CT molecular complexity index is 1920. The molecule has 0 saturated carbocycles. The van der Waals surface area contributed by atoms with Crippen molar-refractivity contribution in [3.63, 3.8) is 0 Å². The van der Waals surface area contributed by atoms with Crippen molar-refractivity contribution < 1.29 is 34.1 Å². The number of carbonyl (C=O) groups is 2. The fourth-order valence-corrected chi connectivity index (χ4v) is 5.27.